The first-order valence-corrected chi connectivity index (χ1v) is 9.00. The standard InChI is InChI=1S/C19H25ClO5/c1-11(2)14-6-4-12(3)8-17(14)25-18(22)10-24-19(23)15-9-13(20)5-7-16(15)21/h5,7,9,11-12,14,17,21H,4,6,8,10H2,1-3H3/t12-,14-,17+/m0/s1. The first-order valence-electron chi connectivity index (χ1n) is 8.63. The molecule has 1 fully saturated rings. The molecule has 0 spiro atoms. The molecule has 1 saturated carbocycles. The van der Waals surface area contributed by atoms with Crippen LogP contribution in [-0.2, 0) is 14.3 Å². The molecule has 0 unspecified atom stereocenters. The number of esters is 2. The van der Waals surface area contributed by atoms with Gasteiger partial charge in [-0.15, -0.1) is 0 Å². The maximum atomic E-state index is 12.1. The Morgan fingerprint density at radius 1 is 1.32 bits per heavy atom. The van der Waals surface area contributed by atoms with Crippen LogP contribution < -0.4 is 0 Å². The lowest BCUT2D eigenvalue weighted by atomic mass is 9.75. The molecule has 6 heteroatoms. The molecule has 1 aliphatic carbocycles. The average Bonchev–Trinajstić information content (AvgIpc) is 2.54. The van der Waals surface area contributed by atoms with Gasteiger partial charge in [0.15, 0.2) is 6.61 Å². The summed E-state index contributed by atoms with van der Waals surface area (Å²) in [4.78, 5) is 24.1. The van der Waals surface area contributed by atoms with E-state index in [1.165, 1.54) is 18.2 Å². The molecule has 3 atom stereocenters. The topological polar surface area (TPSA) is 72.8 Å². The van der Waals surface area contributed by atoms with Crippen molar-refractivity contribution in [2.24, 2.45) is 17.8 Å². The lowest BCUT2D eigenvalue weighted by Crippen LogP contribution is -2.36. The van der Waals surface area contributed by atoms with Gasteiger partial charge in [0.05, 0.1) is 0 Å². The second-order valence-corrected chi connectivity index (χ2v) is 7.53. The summed E-state index contributed by atoms with van der Waals surface area (Å²) >= 11 is 5.80. The number of rotatable bonds is 5. The Hall–Kier alpha value is -1.75. The van der Waals surface area contributed by atoms with Crippen LogP contribution in [0.3, 0.4) is 0 Å². The van der Waals surface area contributed by atoms with E-state index in [1.54, 1.807) is 0 Å². The molecule has 138 valence electrons. The molecule has 0 amide bonds. The summed E-state index contributed by atoms with van der Waals surface area (Å²) in [5, 5.41) is 9.98. The van der Waals surface area contributed by atoms with E-state index in [0.29, 0.717) is 22.8 Å². The molecule has 1 aromatic rings. The molecule has 0 aromatic heterocycles. The van der Waals surface area contributed by atoms with Gasteiger partial charge < -0.3 is 14.6 Å². The summed E-state index contributed by atoms with van der Waals surface area (Å²) in [6, 6.07) is 4.05. The van der Waals surface area contributed by atoms with Crippen LogP contribution in [0.4, 0.5) is 0 Å². The number of aromatic hydroxyl groups is 1. The Morgan fingerprint density at radius 2 is 2.04 bits per heavy atom. The smallest absolute Gasteiger partial charge is 0.344 e. The van der Waals surface area contributed by atoms with Crippen molar-refractivity contribution in [3.05, 3.63) is 28.8 Å². The maximum Gasteiger partial charge on any atom is 0.344 e. The quantitative estimate of drug-likeness (QED) is 0.788. The lowest BCUT2D eigenvalue weighted by Gasteiger charge is -2.36. The molecule has 25 heavy (non-hydrogen) atoms. The van der Waals surface area contributed by atoms with E-state index >= 15 is 0 Å². The van der Waals surface area contributed by atoms with Crippen molar-refractivity contribution in [3.63, 3.8) is 0 Å². The monoisotopic (exact) mass is 368 g/mol. The van der Waals surface area contributed by atoms with Crippen LogP contribution in [0, 0.1) is 17.8 Å². The number of phenolic OH excluding ortho intramolecular Hbond substituents is 1. The van der Waals surface area contributed by atoms with Crippen molar-refractivity contribution in [1.82, 2.24) is 0 Å². The predicted octanol–water partition coefficient (Wildman–Crippen LogP) is 4.21. The molecule has 0 aliphatic heterocycles. The van der Waals surface area contributed by atoms with Crippen LogP contribution >= 0.6 is 11.6 Å². The van der Waals surface area contributed by atoms with Crippen molar-refractivity contribution < 1.29 is 24.2 Å². The minimum absolute atomic E-state index is 0.0772. The van der Waals surface area contributed by atoms with Crippen LogP contribution in [0.2, 0.25) is 5.02 Å². The molecule has 0 heterocycles. The van der Waals surface area contributed by atoms with Gasteiger partial charge in [0.1, 0.15) is 17.4 Å². The van der Waals surface area contributed by atoms with Crippen molar-refractivity contribution in [3.8, 4) is 5.75 Å². The van der Waals surface area contributed by atoms with Gasteiger partial charge in [-0.25, -0.2) is 9.59 Å². The van der Waals surface area contributed by atoms with Gasteiger partial charge >= 0.3 is 11.9 Å². The van der Waals surface area contributed by atoms with E-state index in [1.807, 2.05) is 0 Å². The van der Waals surface area contributed by atoms with Crippen LogP contribution in [0.5, 0.6) is 5.75 Å². The molecular formula is C19H25ClO5. The van der Waals surface area contributed by atoms with Crippen LogP contribution in [0.1, 0.15) is 50.4 Å². The van der Waals surface area contributed by atoms with Gasteiger partial charge in [0.2, 0.25) is 0 Å². The fraction of sp³-hybridized carbons (Fsp3) is 0.579. The van der Waals surface area contributed by atoms with Crippen LogP contribution in [0.25, 0.3) is 0 Å². The summed E-state index contributed by atoms with van der Waals surface area (Å²) in [7, 11) is 0. The van der Waals surface area contributed by atoms with E-state index in [2.05, 4.69) is 20.8 Å². The van der Waals surface area contributed by atoms with E-state index in [4.69, 9.17) is 21.1 Å². The first kappa shape index (κ1) is 19.6. The Morgan fingerprint density at radius 3 is 2.72 bits per heavy atom. The second-order valence-electron chi connectivity index (χ2n) is 7.09. The Kier molecular flexibility index (Phi) is 6.71. The van der Waals surface area contributed by atoms with Crippen molar-refractivity contribution in [2.75, 3.05) is 6.61 Å². The first-order chi connectivity index (χ1) is 11.8. The van der Waals surface area contributed by atoms with Gasteiger partial charge in [-0.2, -0.15) is 0 Å². The molecule has 1 aromatic carbocycles. The number of carbonyl (C=O) groups is 2. The number of phenols is 1. The van der Waals surface area contributed by atoms with E-state index in [9.17, 15) is 14.7 Å². The molecular weight excluding hydrogens is 344 g/mol. The molecule has 1 aliphatic rings. The summed E-state index contributed by atoms with van der Waals surface area (Å²) in [5.74, 6) is -0.361. The third kappa shape index (κ3) is 5.36. The van der Waals surface area contributed by atoms with Crippen LogP contribution in [0.15, 0.2) is 18.2 Å². The zero-order chi connectivity index (χ0) is 18.6. The molecule has 0 saturated heterocycles. The highest BCUT2D eigenvalue weighted by Crippen LogP contribution is 2.35. The van der Waals surface area contributed by atoms with Gasteiger partial charge in [-0.3, -0.25) is 0 Å². The van der Waals surface area contributed by atoms with Crippen molar-refractivity contribution >= 4 is 23.5 Å². The normalized spacial score (nSPS) is 23.3. The zero-order valence-corrected chi connectivity index (χ0v) is 15.6. The Bertz CT molecular complexity index is 628. The second kappa shape index (κ2) is 8.56. The van der Waals surface area contributed by atoms with E-state index in [-0.39, 0.29) is 17.4 Å². The molecule has 2 rings (SSSR count). The SMILES string of the molecule is CC(C)[C@@H]1CC[C@H](C)C[C@H]1OC(=O)COC(=O)c1cc(Cl)ccc1O. The summed E-state index contributed by atoms with van der Waals surface area (Å²) in [6.07, 6.45) is 2.86. The molecule has 0 radical (unpaired) electrons. The maximum absolute atomic E-state index is 12.1. The van der Waals surface area contributed by atoms with Gasteiger partial charge in [-0.1, -0.05) is 38.8 Å². The highest BCUT2D eigenvalue weighted by molar-refractivity contribution is 6.31. The fourth-order valence-electron chi connectivity index (χ4n) is 3.33. The van der Waals surface area contributed by atoms with E-state index in [0.717, 1.165) is 19.3 Å². The summed E-state index contributed by atoms with van der Waals surface area (Å²) < 4.78 is 10.5. The minimum atomic E-state index is -0.811. The van der Waals surface area contributed by atoms with Gasteiger partial charge in [0.25, 0.3) is 0 Å². The average molecular weight is 369 g/mol. The predicted molar refractivity (Wildman–Crippen MR) is 94.6 cm³/mol. The summed E-state index contributed by atoms with van der Waals surface area (Å²) in [5.41, 5.74) is -0.0772. The highest BCUT2D eigenvalue weighted by Gasteiger charge is 2.33. The summed E-state index contributed by atoms with van der Waals surface area (Å²) in [6.45, 7) is 5.92. The number of hydrogen-bond donors (Lipinski definition) is 1. The minimum Gasteiger partial charge on any atom is -0.507 e. The third-order valence-corrected chi connectivity index (χ3v) is 4.98. The van der Waals surface area contributed by atoms with Gasteiger partial charge in [-0.05, 0) is 48.8 Å². The lowest BCUT2D eigenvalue weighted by molar-refractivity contribution is -0.159. The number of carbonyl (C=O) groups excluding carboxylic acids is 2. The molecule has 0 bridgehead atoms. The number of benzene rings is 1. The number of ether oxygens (including phenoxy) is 2. The number of hydrogen-bond acceptors (Lipinski definition) is 5. The van der Waals surface area contributed by atoms with Crippen molar-refractivity contribution in [2.45, 2.75) is 46.1 Å². The Balaban J connectivity index is 1.91. The highest BCUT2D eigenvalue weighted by atomic mass is 35.5. The van der Waals surface area contributed by atoms with Crippen molar-refractivity contribution in [1.29, 1.82) is 0 Å². The van der Waals surface area contributed by atoms with Crippen LogP contribution in [-0.4, -0.2) is 29.8 Å². The van der Waals surface area contributed by atoms with Gasteiger partial charge in [0, 0.05) is 5.02 Å². The fourth-order valence-corrected chi connectivity index (χ4v) is 3.50. The third-order valence-electron chi connectivity index (χ3n) is 4.74. The largest absolute Gasteiger partial charge is 0.507 e. The molecule has 5 nitrogen and oxygen atoms in total. The van der Waals surface area contributed by atoms with E-state index < -0.39 is 18.5 Å². The number of halogens is 1. The zero-order valence-electron chi connectivity index (χ0n) is 14.8. The molecule has 1 N–H and O–H groups in total. The Labute approximate surface area is 153 Å².